The summed E-state index contributed by atoms with van der Waals surface area (Å²) in [5.41, 5.74) is 2.49. The second-order valence-electron chi connectivity index (χ2n) is 5.89. The molecule has 1 aliphatic rings. The molecular formula is C19H23N3O3. The number of carbonyl (C=O) groups excluding carboxylic acids is 1. The average molecular weight is 341 g/mol. The number of fused-ring (bicyclic) bond motifs is 1. The summed E-state index contributed by atoms with van der Waals surface area (Å²) in [4.78, 5) is 19.3. The first-order valence-electron chi connectivity index (χ1n) is 8.41. The van der Waals surface area contributed by atoms with E-state index in [1.54, 1.807) is 13.4 Å². The maximum Gasteiger partial charge on any atom is 0.272 e. The standard InChI is InChI=1S/C19H23N3O3/c1-4-25-12-9-17-20-14(2)18-19(23)21(10-11-22(17)18)13-15-5-7-16(24-3)8-6-15/h5-9,12H,4,10-11,13H2,1-3H3/b12-9+. The van der Waals surface area contributed by atoms with Gasteiger partial charge in [-0.05, 0) is 31.5 Å². The molecule has 2 heterocycles. The summed E-state index contributed by atoms with van der Waals surface area (Å²) in [5.74, 6) is 1.59. The minimum absolute atomic E-state index is 0.0168. The molecule has 6 heteroatoms. The van der Waals surface area contributed by atoms with Crippen molar-refractivity contribution in [1.29, 1.82) is 0 Å². The van der Waals surface area contributed by atoms with E-state index in [0.717, 1.165) is 29.4 Å². The van der Waals surface area contributed by atoms with E-state index in [2.05, 4.69) is 4.98 Å². The van der Waals surface area contributed by atoms with Crippen molar-refractivity contribution < 1.29 is 14.3 Å². The number of carbonyl (C=O) groups is 1. The molecule has 6 nitrogen and oxygen atoms in total. The maximum atomic E-state index is 12.9. The van der Waals surface area contributed by atoms with Gasteiger partial charge in [0.1, 0.15) is 17.3 Å². The summed E-state index contributed by atoms with van der Waals surface area (Å²) in [7, 11) is 1.64. The largest absolute Gasteiger partial charge is 0.501 e. The number of methoxy groups -OCH3 is 1. The van der Waals surface area contributed by atoms with Crippen molar-refractivity contribution in [2.24, 2.45) is 0 Å². The van der Waals surface area contributed by atoms with Gasteiger partial charge in [0.2, 0.25) is 0 Å². The Bertz CT molecular complexity index is 778. The van der Waals surface area contributed by atoms with Gasteiger partial charge in [0, 0.05) is 25.7 Å². The molecule has 1 aromatic heterocycles. The van der Waals surface area contributed by atoms with Crippen LogP contribution in [0.2, 0.25) is 0 Å². The van der Waals surface area contributed by atoms with Crippen molar-refractivity contribution >= 4 is 12.0 Å². The molecule has 0 radical (unpaired) electrons. The van der Waals surface area contributed by atoms with Crippen molar-refractivity contribution in [1.82, 2.24) is 14.5 Å². The fourth-order valence-corrected chi connectivity index (χ4v) is 3.00. The highest BCUT2D eigenvalue weighted by atomic mass is 16.5. The van der Waals surface area contributed by atoms with Gasteiger partial charge in [0.25, 0.3) is 5.91 Å². The third kappa shape index (κ3) is 3.52. The number of hydrogen-bond donors (Lipinski definition) is 0. The van der Waals surface area contributed by atoms with Crippen LogP contribution in [0, 0.1) is 6.92 Å². The second kappa shape index (κ2) is 7.42. The lowest BCUT2D eigenvalue weighted by Gasteiger charge is -2.29. The van der Waals surface area contributed by atoms with Gasteiger partial charge >= 0.3 is 0 Å². The van der Waals surface area contributed by atoms with Crippen LogP contribution in [0.4, 0.5) is 0 Å². The molecule has 0 atom stereocenters. The highest BCUT2D eigenvalue weighted by Gasteiger charge is 2.29. The third-order valence-electron chi connectivity index (χ3n) is 4.27. The van der Waals surface area contributed by atoms with E-state index in [0.29, 0.717) is 25.4 Å². The Morgan fingerprint density at radius 3 is 2.68 bits per heavy atom. The van der Waals surface area contributed by atoms with E-state index in [1.165, 1.54) is 0 Å². The van der Waals surface area contributed by atoms with Gasteiger partial charge in [-0.3, -0.25) is 4.79 Å². The van der Waals surface area contributed by atoms with Crippen LogP contribution < -0.4 is 4.74 Å². The Morgan fingerprint density at radius 1 is 1.24 bits per heavy atom. The second-order valence-corrected chi connectivity index (χ2v) is 5.89. The molecule has 0 saturated heterocycles. The fourth-order valence-electron chi connectivity index (χ4n) is 3.00. The quantitative estimate of drug-likeness (QED) is 0.758. The maximum absolute atomic E-state index is 12.9. The van der Waals surface area contributed by atoms with E-state index in [-0.39, 0.29) is 5.91 Å². The summed E-state index contributed by atoms with van der Waals surface area (Å²) in [6.45, 7) is 6.37. The Balaban J connectivity index is 1.78. The molecular weight excluding hydrogens is 318 g/mol. The SMILES string of the molecule is CCO/C=C/c1nc(C)c2n1CCN(Cc1ccc(OC)cc1)C2=O. The highest BCUT2D eigenvalue weighted by molar-refractivity contribution is 5.94. The Morgan fingerprint density at radius 2 is 2.00 bits per heavy atom. The van der Waals surface area contributed by atoms with Crippen LogP contribution in [0.15, 0.2) is 30.5 Å². The van der Waals surface area contributed by atoms with Gasteiger partial charge in [-0.1, -0.05) is 12.1 Å². The van der Waals surface area contributed by atoms with Gasteiger partial charge in [-0.15, -0.1) is 0 Å². The molecule has 2 aromatic rings. The van der Waals surface area contributed by atoms with Crippen LogP contribution in [-0.2, 0) is 17.8 Å². The Kier molecular flexibility index (Phi) is 5.07. The van der Waals surface area contributed by atoms with E-state index < -0.39 is 0 Å². The summed E-state index contributed by atoms with van der Waals surface area (Å²) in [6.07, 6.45) is 3.44. The Labute approximate surface area is 147 Å². The molecule has 0 aliphatic carbocycles. The molecule has 0 saturated carbocycles. The smallest absolute Gasteiger partial charge is 0.272 e. The van der Waals surface area contributed by atoms with E-state index in [9.17, 15) is 4.79 Å². The predicted octanol–water partition coefficient (Wildman–Crippen LogP) is 2.86. The number of aryl methyl sites for hydroxylation is 1. The van der Waals surface area contributed by atoms with Crippen molar-refractivity contribution in [3.63, 3.8) is 0 Å². The molecule has 1 aromatic carbocycles. The molecule has 3 rings (SSSR count). The summed E-state index contributed by atoms with van der Waals surface area (Å²) >= 11 is 0. The van der Waals surface area contributed by atoms with Gasteiger partial charge in [-0.2, -0.15) is 0 Å². The number of rotatable bonds is 6. The summed E-state index contributed by atoms with van der Waals surface area (Å²) in [6, 6.07) is 7.80. The normalized spacial score (nSPS) is 14.0. The number of amides is 1. The van der Waals surface area contributed by atoms with Crippen molar-refractivity contribution in [2.75, 3.05) is 20.3 Å². The Hall–Kier alpha value is -2.76. The zero-order chi connectivity index (χ0) is 17.8. The lowest BCUT2D eigenvalue weighted by atomic mass is 10.1. The number of ether oxygens (including phenoxy) is 2. The van der Waals surface area contributed by atoms with E-state index in [1.807, 2.05) is 53.7 Å². The van der Waals surface area contributed by atoms with Crippen molar-refractivity contribution in [3.8, 4) is 5.75 Å². The topological polar surface area (TPSA) is 56.6 Å². The van der Waals surface area contributed by atoms with Crippen LogP contribution in [-0.4, -0.2) is 40.6 Å². The number of nitrogens with zero attached hydrogens (tertiary/aromatic N) is 3. The van der Waals surface area contributed by atoms with Crippen LogP contribution in [0.1, 0.15) is 34.5 Å². The molecule has 132 valence electrons. The van der Waals surface area contributed by atoms with Gasteiger partial charge in [-0.25, -0.2) is 4.98 Å². The van der Waals surface area contributed by atoms with Gasteiger partial charge < -0.3 is 18.9 Å². The molecule has 0 bridgehead atoms. The molecule has 0 fully saturated rings. The van der Waals surface area contributed by atoms with Crippen LogP contribution in [0.5, 0.6) is 5.75 Å². The van der Waals surface area contributed by atoms with E-state index in [4.69, 9.17) is 9.47 Å². The van der Waals surface area contributed by atoms with Crippen molar-refractivity contribution in [2.45, 2.75) is 26.9 Å². The molecule has 0 unspecified atom stereocenters. The first-order chi connectivity index (χ1) is 12.1. The minimum atomic E-state index is 0.0168. The molecule has 1 aliphatic heterocycles. The van der Waals surface area contributed by atoms with Gasteiger partial charge in [0.15, 0.2) is 0 Å². The van der Waals surface area contributed by atoms with E-state index >= 15 is 0 Å². The number of hydrogen-bond acceptors (Lipinski definition) is 4. The van der Waals surface area contributed by atoms with Crippen LogP contribution >= 0.6 is 0 Å². The molecule has 0 N–H and O–H groups in total. The summed E-state index contributed by atoms with van der Waals surface area (Å²) < 4.78 is 12.4. The number of aromatic nitrogens is 2. The fraction of sp³-hybridized carbons (Fsp3) is 0.368. The van der Waals surface area contributed by atoms with Crippen LogP contribution in [0.3, 0.4) is 0 Å². The third-order valence-corrected chi connectivity index (χ3v) is 4.27. The zero-order valence-corrected chi connectivity index (χ0v) is 14.9. The molecule has 0 spiro atoms. The number of imidazole rings is 1. The first kappa shape index (κ1) is 17.1. The molecule has 25 heavy (non-hydrogen) atoms. The molecule has 1 amide bonds. The number of benzene rings is 1. The lowest BCUT2D eigenvalue weighted by Crippen LogP contribution is -2.40. The van der Waals surface area contributed by atoms with Crippen molar-refractivity contribution in [3.05, 3.63) is 53.3 Å². The zero-order valence-electron chi connectivity index (χ0n) is 14.9. The minimum Gasteiger partial charge on any atom is -0.501 e. The first-order valence-corrected chi connectivity index (χ1v) is 8.41. The van der Waals surface area contributed by atoms with Crippen LogP contribution in [0.25, 0.3) is 6.08 Å². The van der Waals surface area contributed by atoms with Gasteiger partial charge in [0.05, 0.1) is 25.7 Å². The highest BCUT2D eigenvalue weighted by Crippen LogP contribution is 2.22. The average Bonchev–Trinajstić information content (AvgIpc) is 2.95. The predicted molar refractivity (Wildman–Crippen MR) is 95.4 cm³/mol. The summed E-state index contributed by atoms with van der Waals surface area (Å²) in [5, 5.41) is 0. The lowest BCUT2D eigenvalue weighted by molar-refractivity contribution is 0.0689. The monoisotopic (exact) mass is 341 g/mol.